The van der Waals surface area contributed by atoms with Gasteiger partial charge in [0.05, 0.1) is 25.4 Å². The van der Waals surface area contributed by atoms with E-state index in [4.69, 9.17) is 4.74 Å². The molecule has 6 heteroatoms. The van der Waals surface area contributed by atoms with Crippen molar-refractivity contribution in [3.05, 3.63) is 36.5 Å². The van der Waals surface area contributed by atoms with Gasteiger partial charge in [-0.25, -0.2) is 0 Å². The van der Waals surface area contributed by atoms with Gasteiger partial charge in [-0.2, -0.15) is 0 Å². The minimum Gasteiger partial charge on any atom is -0.466 e. The van der Waals surface area contributed by atoms with Gasteiger partial charge in [-0.05, 0) is 83.5 Å². The Kier molecular flexibility index (Phi) is 70.9. The molecule has 0 saturated heterocycles. The molecule has 2 atom stereocenters. The maximum Gasteiger partial charge on any atom is 0.305 e. The van der Waals surface area contributed by atoms with Crippen molar-refractivity contribution in [2.24, 2.45) is 0 Å². The molecule has 3 N–H and O–H groups in total. The van der Waals surface area contributed by atoms with Crippen molar-refractivity contribution in [3.63, 3.8) is 0 Å². The third kappa shape index (κ3) is 69.1. The molecule has 0 bridgehead atoms. The fourth-order valence-electron chi connectivity index (χ4n) is 11.9. The lowest BCUT2D eigenvalue weighted by atomic mass is 10.0. The molecule has 0 heterocycles. The topological polar surface area (TPSA) is 95.9 Å². The second-order valence-electron chi connectivity index (χ2n) is 26.0. The Morgan fingerprint density at radius 2 is 0.566 bits per heavy atom. The smallest absolute Gasteiger partial charge is 0.305 e. The third-order valence-corrected chi connectivity index (χ3v) is 17.6. The first kappa shape index (κ1) is 81.1. The van der Waals surface area contributed by atoms with E-state index in [2.05, 4.69) is 43.5 Å². The molecule has 0 rings (SSSR count). The van der Waals surface area contributed by atoms with E-state index in [9.17, 15) is 19.8 Å². The number of unbranched alkanes of at least 4 members (excludes halogenated alkanes) is 56. The second kappa shape index (κ2) is 72.6. The molecule has 0 aliphatic carbocycles. The summed E-state index contributed by atoms with van der Waals surface area (Å²) in [7, 11) is 0. The van der Waals surface area contributed by atoms with Crippen LogP contribution in [0.15, 0.2) is 36.5 Å². The fourth-order valence-corrected chi connectivity index (χ4v) is 11.9. The molecule has 0 aromatic rings. The average Bonchev–Trinajstić information content (AvgIpc) is 3.48. The molecule has 490 valence electrons. The van der Waals surface area contributed by atoms with Crippen LogP contribution in [0.1, 0.15) is 418 Å². The first-order chi connectivity index (χ1) is 41.0. The number of esters is 1. The van der Waals surface area contributed by atoms with E-state index in [1.807, 2.05) is 6.08 Å². The minimum absolute atomic E-state index is 0.0105. The summed E-state index contributed by atoms with van der Waals surface area (Å²) < 4.78 is 5.50. The Hall–Kier alpha value is -1.92. The highest BCUT2D eigenvalue weighted by molar-refractivity contribution is 5.76. The summed E-state index contributed by atoms with van der Waals surface area (Å²) in [6, 6.07) is -0.632. The van der Waals surface area contributed by atoms with Gasteiger partial charge in [-0.15, -0.1) is 0 Å². The number of amides is 1. The summed E-state index contributed by atoms with van der Waals surface area (Å²) in [4.78, 5) is 24.6. The Balaban J connectivity index is 3.42. The van der Waals surface area contributed by atoms with E-state index >= 15 is 0 Å². The Morgan fingerprint density at radius 1 is 0.325 bits per heavy atom. The number of ether oxygens (including phenoxy) is 1. The van der Waals surface area contributed by atoms with Gasteiger partial charge in [-0.1, -0.05) is 359 Å². The zero-order chi connectivity index (χ0) is 59.9. The Bertz CT molecular complexity index is 1340. The highest BCUT2D eigenvalue weighted by Gasteiger charge is 2.18. The quantitative estimate of drug-likeness (QED) is 0.0320. The Labute approximate surface area is 519 Å². The van der Waals surface area contributed by atoms with Crippen molar-refractivity contribution in [2.75, 3.05) is 13.2 Å². The maximum absolute atomic E-state index is 12.5. The number of nitrogens with one attached hydrogen (secondary N) is 1. The molecule has 83 heavy (non-hydrogen) atoms. The van der Waals surface area contributed by atoms with Gasteiger partial charge >= 0.3 is 5.97 Å². The van der Waals surface area contributed by atoms with Crippen LogP contribution in [-0.2, 0) is 14.3 Å². The maximum atomic E-state index is 12.5. The lowest BCUT2D eigenvalue weighted by Gasteiger charge is -2.20. The molecule has 0 aliphatic heterocycles. The van der Waals surface area contributed by atoms with Crippen molar-refractivity contribution in [3.8, 4) is 0 Å². The van der Waals surface area contributed by atoms with Crippen LogP contribution in [0.5, 0.6) is 0 Å². The number of rotatable bonds is 71. The van der Waals surface area contributed by atoms with Crippen molar-refractivity contribution >= 4 is 11.9 Å². The van der Waals surface area contributed by atoms with Crippen LogP contribution in [0.2, 0.25) is 0 Å². The van der Waals surface area contributed by atoms with Crippen molar-refractivity contribution in [1.82, 2.24) is 5.32 Å². The normalized spacial score (nSPS) is 12.7. The summed E-state index contributed by atoms with van der Waals surface area (Å²) in [6.07, 6.45) is 93.8. The lowest BCUT2D eigenvalue weighted by molar-refractivity contribution is -0.143. The zero-order valence-corrected chi connectivity index (χ0v) is 56.2. The first-order valence-corrected chi connectivity index (χ1v) is 37.8. The third-order valence-electron chi connectivity index (χ3n) is 17.6. The minimum atomic E-state index is -0.848. The summed E-state index contributed by atoms with van der Waals surface area (Å²) >= 11 is 0. The highest BCUT2D eigenvalue weighted by atomic mass is 16.5. The van der Waals surface area contributed by atoms with Gasteiger partial charge in [0, 0.05) is 12.8 Å². The number of hydrogen-bond acceptors (Lipinski definition) is 5. The van der Waals surface area contributed by atoms with Gasteiger partial charge in [-0.3, -0.25) is 9.59 Å². The summed E-state index contributed by atoms with van der Waals surface area (Å²) in [5.41, 5.74) is 0. The van der Waals surface area contributed by atoms with Gasteiger partial charge in [0.2, 0.25) is 5.91 Å². The predicted octanol–water partition coefficient (Wildman–Crippen LogP) is 24.7. The molecular formula is C77H147NO5. The summed E-state index contributed by atoms with van der Waals surface area (Å²) in [5.74, 6) is -0.0563. The van der Waals surface area contributed by atoms with Crippen molar-refractivity contribution in [2.45, 2.75) is 431 Å². The van der Waals surface area contributed by atoms with E-state index < -0.39 is 12.1 Å². The van der Waals surface area contributed by atoms with E-state index in [0.29, 0.717) is 19.4 Å². The molecule has 6 nitrogen and oxygen atoms in total. The van der Waals surface area contributed by atoms with Crippen molar-refractivity contribution < 1.29 is 24.5 Å². The van der Waals surface area contributed by atoms with E-state index in [1.165, 1.54) is 347 Å². The van der Waals surface area contributed by atoms with Crippen LogP contribution in [0.25, 0.3) is 0 Å². The predicted molar refractivity (Wildman–Crippen MR) is 366 cm³/mol. The van der Waals surface area contributed by atoms with Gasteiger partial charge in [0.1, 0.15) is 0 Å². The Morgan fingerprint density at radius 3 is 0.855 bits per heavy atom. The van der Waals surface area contributed by atoms with Crippen LogP contribution in [0.3, 0.4) is 0 Å². The molecule has 0 radical (unpaired) electrons. The monoisotopic (exact) mass is 1170 g/mol. The van der Waals surface area contributed by atoms with E-state index in [-0.39, 0.29) is 18.5 Å². The van der Waals surface area contributed by atoms with Gasteiger partial charge in [0.25, 0.3) is 0 Å². The number of carbonyl (C=O) groups is 2. The lowest BCUT2D eigenvalue weighted by Crippen LogP contribution is -2.45. The first-order valence-electron chi connectivity index (χ1n) is 37.8. The van der Waals surface area contributed by atoms with Crippen LogP contribution >= 0.6 is 0 Å². The second-order valence-corrected chi connectivity index (χ2v) is 26.0. The molecular weight excluding hydrogens is 1020 g/mol. The van der Waals surface area contributed by atoms with Crippen LogP contribution < -0.4 is 5.32 Å². The largest absolute Gasteiger partial charge is 0.466 e. The average molecular weight is 1170 g/mol. The molecule has 1 amide bonds. The van der Waals surface area contributed by atoms with E-state index in [0.717, 1.165) is 44.9 Å². The van der Waals surface area contributed by atoms with Gasteiger partial charge < -0.3 is 20.3 Å². The molecule has 0 saturated carbocycles. The molecule has 0 aromatic carbocycles. The fraction of sp³-hybridized carbons (Fsp3) is 0.896. The van der Waals surface area contributed by atoms with Crippen LogP contribution in [-0.4, -0.2) is 47.4 Å². The number of carbonyl (C=O) groups excluding carboxylic acids is 2. The zero-order valence-electron chi connectivity index (χ0n) is 56.2. The molecule has 0 aromatic heterocycles. The molecule has 0 fully saturated rings. The highest BCUT2D eigenvalue weighted by Crippen LogP contribution is 2.19. The van der Waals surface area contributed by atoms with Crippen molar-refractivity contribution in [1.29, 1.82) is 0 Å². The molecule has 0 spiro atoms. The SMILES string of the molecule is CCCCCCCC/C=C\CCCCCCCCCC(=O)OCCCCCCCCCCCCCC/C=C\CCCCCCCCCCCC(=O)NC(CO)C(O)/C=C/CCCCCCCCCCCCCCCCCCCCCCCC. The summed E-state index contributed by atoms with van der Waals surface area (Å²) in [6.45, 7) is 4.94. The number of hydrogen-bond donors (Lipinski definition) is 3. The van der Waals surface area contributed by atoms with E-state index in [1.54, 1.807) is 6.08 Å². The van der Waals surface area contributed by atoms with Crippen LogP contribution in [0, 0.1) is 0 Å². The van der Waals surface area contributed by atoms with Gasteiger partial charge in [0.15, 0.2) is 0 Å². The number of allylic oxidation sites excluding steroid dienone is 5. The number of aliphatic hydroxyl groups excluding tert-OH is 2. The number of aliphatic hydroxyl groups is 2. The van der Waals surface area contributed by atoms with Crippen LogP contribution in [0.4, 0.5) is 0 Å². The summed E-state index contributed by atoms with van der Waals surface area (Å²) in [5, 5.41) is 23.3. The molecule has 2 unspecified atom stereocenters. The standard InChI is InChI=1S/C77H147NO5/c1-3-5-7-9-11-13-15-17-19-21-22-23-24-28-31-34-38-41-45-49-53-57-61-65-69-75(80)74(73-79)78-76(81)70-66-62-58-54-50-46-42-39-35-32-29-26-25-27-30-33-36-40-44-48-52-56-60-64-68-72-83-77(82)71-67-63-59-55-51-47-43-37-20-18-16-14-12-10-8-6-4-2/h18,20,26,29,65,69,74-75,79-80H,3-17,19,21-25,27-28,30-64,66-68,70-73H2,1-2H3,(H,78,81)/b20-18-,29-26-,69-65+. The molecule has 0 aliphatic rings.